The summed E-state index contributed by atoms with van der Waals surface area (Å²) < 4.78 is 11.0. The molecule has 4 aromatic rings. The molecule has 0 fully saturated rings. The Morgan fingerprint density at radius 3 is 2.45 bits per heavy atom. The summed E-state index contributed by atoms with van der Waals surface area (Å²) in [6.45, 7) is 0. The molecule has 2 N–H and O–H groups in total. The fourth-order valence-corrected chi connectivity index (χ4v) is 3.52. The molecule has 0 spiro atoms. The van der Waals surface area contributed by atoms with E-state index in [1.165, 1.54) is 13.2 Å². The number of ether oxygens (including phenoxy) is 1. The number of furan rings is 1. The maximum Gasteiger partial charge on any atom is 0.291 e. The molecule has 31 heavy (non-hydrogen) atoms. The summed E-state index contributed by atoms with van der Waals surface area (Å²) in [6.07, 6.45) is 0. The number of hydrogen-bond donors (Lipinski definition) is 2. The third-order valence-electron chi connectivity index (χ3n) is 4.53. The van der Waals surface area contributed by atoms with Gasteiger partial charge in [-0.05, 0) is 42.5 Å². The second-order valence-electron chi connectivity index (χ2n) is 6.60. The van der Waals surface area contributed by atoms with Gasteiger partial charge in [0.1, 0.15) is 11.3 Å². The largest absolute Gasteiger partial charge is 0.494 e. The van der Waals surface area contributed by atoms with Crippen LogP contribution in [0.1, 0.15) is 20.9 Å². The zero-order chi connectivity index (χ0) is 22.0. The molecule has 0 saturated carbocycles. The molecule has 0 unspecified atom stereocenters. The molecule has 1 aromatic heterocycles. The number of benzene rings is 3. The van der Waals surface area contributed by atoms with Gasteiger partial charge in [-0.1, -0.05) is 41.4 Å². The molecule has 0 bridgehead atoms. The first kappa shape index (κ1) is 20.8. The predicted octanol–water partition coefficient (Wildman–Crippen LogP) is 6.25. The monoisotopic (exact) mass is 454 g/mol. The lowest BCUT2D eigenvalue weighted by Gasteiger charge is -2.12. The van der Waals surface area contributed by atoms with Crippen molar-refractivity contribution in [2.45, 2.75) is 0 Å². The van der Waals surface area contributed by atoms with Crippen LogP contribution < -0.4 is 15.4 Å². The minimum atomic E-state index is -0.417. The molecule has 3 aromatic carbocycles. The van der Waals surface area contributed by atoms with E-state index in [0.717, 1.165) is 5.39 Å². The lowest BCUT2D eigenvalue weighted by Crippen LogP contribution is -2.14. The summed E-state index contributed by atoms with van der Waals surface area (Å²) in [5.74, 6) is -0.274. The van der Waals surface area contributed by atoms with E-state index >= 15 is 0 Å². The summed E-state index contributed by atoms with van der Waals surface area (Å²) in [6, 6.07) is 18.5. The van der Waals surface area contributed by atoms with Crippen molar-refractivity contribution in [1.29, 1.82) is 0 Å². The molecule has 0 aliphatic rings. The van der Waals surface area contributed by atoms with Crippen LogP contribution in [-0.2, 0) is 0 Å². The first-order chi connectivity index (χ1) is 14.9. The molecule has 2 amide bonds. The lowest BCUT2D eigenvalue weighted by molar-refractivity contribution is 0.0996. The molecule has 0 radical (unpaired) electrons. The standard InChI is InChI=1S/C23H16Cl2N2O4/c1-30-20-12-15(26-22(28)16-8-6-14(24)11-17(16)25)7-9-18(20)27-23(29)21-10-13-4-2-3-5-19(13)31-21/h2-12H,1H3,(H,26,28)(H,27,29). The van der Waals surface area contributed by atoms with E-state index in [1.54, 1.807) is 42.5 Å². The summed E-state index contributed by atoms with van der Waals surface area (Å²) >= 11 is 12.0. The van der Waals surface area contributed by atoms with Crippen LogP contribution in [0.15, 0.2) is 71.1 Å². The molecule has 0 saturated heterocycles. The van der Waals surface area contributed by atoms with Gasteiger partial charge in [0, 0.05) is 22.2 Å². The Hall–Kier alpha value is -3.48. The third kappa shape index (κ3) is 4.50. The summed E-state index contributed by atoms with van der Waals surface area (Å²) in [5.41, 5.74) is 1.80. The van der Waals surface area contributed by atoms with E-state index in [4.69, 9.17) is 32.4 Å². The molecule has 6 nitrogen and oxygen atoms in total. The van der Waals surface area contributed by atoms with Crippen LogP contribution in [0, 0.1) is 0 Å². The Bertz CT molecular complexity index is 1270. The van der Waals surface area contributed by atoms with E-state index < -0.39 is 11.8 Å². The van der Waals surface area contributed by atoms with Crippen molar-refractivity contribution in [3.05, 3.63) is 88.1 Å². The summed E-state index contributed by atoms with van der Waals surface area (Å²) in [7, 11) is 1.47. The Kier molecular flexibility index (Phi) is 5.84. The maximum atomic E-state index is 12.6. The van der Waals surface area contributed by atoms with Gasteiger partial charge in [-0.15, -0.1) is 0 Å². The van der Waals surface area contributed by atoms with E-state index in [2.05, 4.69) is 10.6 Å². The molecule has 1 heterocycles. The second kappa shape index (κ2) is 8.71. The van der Waals surface area contributed by atoms with Gasteiger partial charge in [0.15, 0.2) is 5.76 Å². The van der Waals surface area contributed by atoms with Crippen molar-refractivity contribution in [3.8, 4) is 5.75 Å². The van der Waals surface area contributed by atoms with Crippen LogP contribution in [0.3, 0.4) is 0 Å². The van der Waals surface area contributed by atoms with Crippen molar-refractivity contribution in [2.75, 3.05) is 17.7 Å². The quantitative estimate of drug-likeness (QED) is 0.373. The van der Waals surface area contributed by atoms with Crippen molar-refractivity contribution in [3.63, 3.8) is 0 Å². The van der Waals surface area contributed by atoms with Gasteiger partial charge in [0.05, 0.1) is 23.4 Å². The Morgan fingerprint density at radius 2 is 1.71 bits per heavy atom. The van der Waals surface area contributed by atoms with Crippen LogP contribution in [0.25, 0.3) is 11.0 Å². The van der Waals surface area contributed by atoms with Gasteiger partial charge in [0.2, 0.25) is 0 Å². The van der Waals surface area contributed by atoms with Gasteiger partial charge >= 0.3 is 0 Å². The van der Waals surface area contributed by atoms with E-state index in [0.29, 0.717) is 27.7 Å². The van der Waals surface area contributed by atoms with Crippen molar-refractivity contribution < 1.29 is 18.7 Å². The van der Waals surface area contributed by atoms with Crippen molar-refractivity contribution >= 4 is 57.4 Å². The van der Waals surface area contributed by atoms with E-state index in [9.17, 15) is 9.59 Å². The molecule has 156 valence electrons. The predicted molar refractivity (Wildman–Crippen MR) is 122 cm³/mol. The minimum Gasteiger partial charge on any atom is -0.494 e. The fraction of sp³-hybridized carbons (Fsp3) is 0.0435. The lowest BCUT2D eigenvalue weighted by atomic mass is 10.2. The minimum absolute atomic E-state index is 0.179. The number of anilines is 2. The van der Waals surface area contributed by atoms with Crippen LogP contribution >= 0.6 is 23.2 Å². The van der Waals surface area contributed by atoms with Crippen molar-refractivity contribution in [2.24, 2.45) is 0 Å². The number of para-hydroxylation sites is 1. The zero-order valence-electron chi connectivity index (χ0n) is 16.2. The fourth-order valence-electron chi connectivity index (χ4n) is 3.02. The molecule has 0 aliphatic carbocycles. The van der Waals surface area contributed by atoms with Crippen LogP contribution in [0.5, 0.6) is 5.75 Å². The average Bonchev–Trinajstić information content (AvgIpc) is 3.19. The number of amides is 2. The first-order valence-electron chi connectivity index (χ1n) is 9.19. The molecule has 8 heteroatoms. The summed E-state index contributed by atoms with van der Waals surface area (Å²) in [4.78, 5) is 25.1. The normalized spacial score (nSPS) is 10.7. The zero-order valence-corrected chi connectivity index (χ0v) is 17.8. The van der Waals surface area contributed by atoms with Gasteiger partial charge in [-0.2, -0.15) is 0 Å². The first-order valence-corrected chi connectivity index (χ1v) is 9.94. The van der Waals surface area contributed by atoms with Crippen LogP contribution in [0.4, 0.5) is 11.4 Å². The average molecular weight is 455 g/mol. The third-order valence-corrected chi connectivity index (χ3v) is 5.08. The highest BCUT2D eigenvalue weighted by Gasteiger charge is 2.16. The number of halogens is 2. The molecular formula is C23H16Cl2N2O4. The number of hydrogen-bond acceptors (Lipinski definition) is 4. The molecule has 4 rings (SSSR count). The molecule has 0 aliphatic heterocycles. The maximum absolute atomic E-state index is 12.6. The Morgan fingerprint density at radius 1 is 0.903 bits per heavy atom. The smallest absolute Gasteiger partial charge is 0.291 e. The van der Waals surface area contributed by atoms with E-state index in [-0.39, 0.29) is 16.3 Å². The highest BCUT2D eigenvalue weighted by molar-refractivity contribution is 6.37. The number of rotatable bonds is 5. The Balaban J connectivity index is 1.52. The second-order valence-corrected chi connectivity index (χ2v) is 7.44. The van der Waals surface area contributed by atoms with Gasteiger partial charge < -0.3 is 19.8 Å². The number of nitrogens with one attached hydrogen (secondary N) is 2. The number of carbonyl (C=O) groups excluding carboxylic acids is 2. The van der Waals surface area contributed by atoms with Crippen LogP contribution in [0.2, 0.25) is 10.0 Å². The highest BCUT2D eigenvalue weighted by atomic mass is 35.5. The van der Waals surface area contributed by atoms with Crippen molar-refractivity contribution in [1.82, 2.24) is 0 Å². The number of carbonyl (C=O) groups is 2. The van der Waals surface area contributed by atoms with Gasteiger partial charge in [0.25, 0.3) is 11.8 Å². The number of methoxy groups -OCH3 is 1. The summed E-state index contributed by atoms with van der Waals surface area (Å²) in [5, 5.41) is 7.02. The van der Waals surface area contributed by atoms with E-state index in [1.807, 2.05) is 18.2 Å². The topological polar surface area (TPSA) is 80.6 Å². The number of fused-ring (bicyclic) bond motifs is 1. The van der Waals surface area contributed by atoms with Gasteiger partial charge in [-0.3, -0.25) is 9.59 Å². The van der Waals surface area contributed by atoms with Crippen LogP contribution in [-0.4, -0.2) is 18.9 Å². The molecule has 0 atom stereocenters. The highest BCUT2D eigenvalue weighted by Crippen LogP contribution is 2.30. The molecular weight excluding hydrogens is 439 g/mol. The van der Waals surface area contributed by atoms with Gasteiger partial charge in [-0.25, -0.2) is 0 Å². The SMILES string of the molecule is COc1cc(NC(=O)c2ccc(Cl)cc2Cl)ccc1NC(=O)c1cc2ccccc2o1. The Labute approximate surface area is 187 Å².